The second-order valence-electron chi connectivity index (χ2n) is 4.57. The van der Waals surface area contributed by atoms with Gasteiger partial charge in [0.25, 0.3) is 0 Å². The standard InChI is InChI=1S/C12H18FN/c1-9-8-10(4-5-11(9)13)6-7-12(2,3)14/h4-5,8H,6-7,14H2,1-3H3. The molecule has 2 heteroatoms. The van der Waals surface area contributed by atoms with Gasteiger partial charge in [-0.3, -0.25) is 0 Å². The van der Waals surface area contributed by atoms with Crippen molar-refractivity contribution in [3.63, 3.8) is 0 Å². The Morgan fingerprint density at radius 2 is 2.00 bits per heavy atom. The lowest BCUT2D eigenvalue weighted by Crippen LogP contribution is -2.32. The molecule has 0 saturated carbocycles. The van der Waals surface area contributed by atoms with Gasteiger partial charge in [-0.05, 0) is 50.8 Å². The summed E-state index contributed by atoms with van der Waals surface area (Å²) in [6.45, 7) is 5.79. The highest BCUT2D eigenvalue weighted by Crippen LogP contribution is 2.14. The SMILES string of the molecule is Cc1cc(CCC(C)(C)N)ccc1F. The van der Waals surface area contributed by atoms with Crippen molar-refractivity contribution in [3.05, 3.63) is 35.1 Å². The van der Waals surface area contributed by atoms with Crippen LogP contribution in [0.3, 0.4) is 0 Å². The average Bonchev–Trinajstić information content (AvgIpc) is 2.06. The molecule has 1 nitrogen and oxygen atoms in total. The van der Waals surface area contributed by atoms with Gasteiger partial charge < -0.3 is 5.73 Å². The summed E-state index contributed by atoms with van der Waals surface area (Å²) >= 11 is 0. The van der Waals surface area contributed by atoms with Crippen LogP contribution in [0.15, 0.2) is 18.2 Å². The predicted octanol–water partition coefficient (Wildman–Crippen LogP) is 2.80. The van der Waals surface area contributed by atoms with E-state index in [1.54, 1.807) is 6.92 Å². The van der Waals surface area contributed by atoms with E-state index in [4.69, 9.17) is 5.73 Å². The molecule has 0 unspecified atom stereocenters. The van der Waals surface area contributed by atoms with Gasteiger partial charge in [-0.2, -0.15) is 0 Å². The summed E-state index contributed by atoms with van der Waals surface area (Å²) in [5.74, 6) is -0.138. The van der Waals surface area contributed by atoms with Gasteiger partial charge in [-0.1, -0.05) is 12.1 Å². The lowest BCUT2D eigenvalue weighted by Gasteiger charge is -2.18. The highest BCUT2D eigenvalue weighted by molar-refractivity contribution is 5.24. The first-order valence-electron chi connectivity index (χ1n) is 4.92. The second-order valence-corrected chi connectivity index (χ2v) is 4.57. The molecule has 0 bridgehead atoms. The molecule has 1 aromatic rings. The summed E-state index contributed by atoms with van der Waals surface area (Å²) in [6.07, 6.45) is 1.82. The molecule has 1 rings (SSSR count). The fraction of sp³-hybridized carbons (Fsp3) is 0.500. The Morgan fingerprint density at radius 1 is 1.36 bits per heavy atom. The van der Waals surface area contributed by atoms with Crippen LogP contribution < -0.4 is 5.73 Å². The molecular weight excluding hydrogens is 177 g/mol. The summed E-state index contributed by atoms with van der Waals surface area (Å²) in [4.78, 5) is 0. The second kappa shape index (κ2) is 4.09. The Labute approximate surface area is 85.1 Å². The van der Waals surface area contributed by atoms with Gasteiger partial charge in [0.2, 0.25) is 0 Å². The van der Waals surface area contributed by atoms with E-state index in [1.807, 2.05) is 26.0 Å². The molecule has 78 valence electrons. The number of aryl methyl sites for hydroxylation is 2. The third-order valence-electron chi connectivity index (χ3n) is 2.28. The van der Waals surface area contributed by atoms with Crippen LogP contribution >= 0.6 is 0 Å². The van der Waals surface area contributed by atoms with Crippen LogP contribution in [-0.2, 0) is 6.42 Å². The summed E-state index contributed by atoms with van der Waals surface area (Å²) in [7, 11) is 0. The van der Waals surface area contributed by atoms with E-state index < -0.39 is 0 Å². The van der Waals surface area contributed by atoms with Crippen LogP contribution in [-0.4, -0.2) is 5.54 Å². The largest absolute Gasteiger partial charge is 0.326 e. The quantitative estimate of drug-likeness (QED) is 0.788. The first-order valence-corrected chi connectivity index (χ1v) is 4.92. The number of halogens is 1. The van der Waals surface area contributed by atoms with E-state index in [0.29, 0.717) is 5.56 Å². The zero-order valence-corrected chi connectivity index (χ0v) is 9.10. The molecule has 0 aliphatic rings. The Kier molecular flexibility index (Phi) is 3.27. The van der Waals surface area contributed by atoms with Crippen LogP contribution in [0.4, 0.5) is 4.39 Å². The molecule has 0 aromatic heterocycles. The predicted molar refractivity (Wildman–Crippen MR) is 57.7 cm³/mol. The number of hydrogen-bond donors (Lipinski definition) is 1. The van der Waals surface area contributed by atoms with E-state index >= 15 is 0 Å². The highest BCUT2D eigenvalue weighted by atomic mass is 19.1. The summed E-state index contributed by atoms with van der Waals surface area (Å²) in [5.41, 5.74) is 7.59. The maximum atomic E-state index is 12.9. The van der Waals surface area contributed by atoms with Crippen molar-refractivity contribution in [1.29, 1.82) is 0 Å². The van der Waals surface area contributed by atoms with Gasteiger partial charge in [0.1, 0.15) is 5.82 Å². The molecule has 2 N–H and O–H groups in total. The van der Waals surface area contributed by atoms with Crippen molar-refractivity contribution in [2.24, 2.45) is 5.73 Å². The molecule has 1 aromatic carbocycles. The Morgan fingerprint density at radius 3 is 2.50 bits per heavy atom. The van der Waals surface area contributed by atoms with Crippen LogP contribution in [0.1, 0.15) is 31.4 Å². The van der Waals surface area contributed by atoms with Gasteiger partial charge in [-0.15, -0.1) is 0 Å². The normalized spacial score (nSPS) is 11.8. The van der Waals surface area contributed by atoms with E-state index in [2.05, 4.69) is 0 Å². The maximum absolute atomic E-state index is 12.9. The summed E-state index contributed by atoms with van der Waals surface area (Å²) < 4.78 is 12.9. The Balaban J connectivity index is 2.65. The third kappa shape index (κ3) is 3.46. The van der Waals surface area contributed by atoms with E-state index in [9.17, 15) is 4.39 Å². The van der Waals surface area contributed by atoms with Crippen molar-refractivity contribution < 1.29 is 4.39 Å². The summed E-state index contributed by atoms with van der Waals surface area (Å²) in [5, 5.41) is 0. The first kappa shape index (κ1) is 11.2. The van der Waals surface area contributed by atoms with Crippen molar-refractivity contribution in [2.45, 2.75) is 39.2 Å². The van der Waals surface area contributed by atoms with Crippen molar-refractivity contribution in [1.82, 2.24) is 0 Å². The lowest BCUT2D eigenvalue weighted by molar-refractivity contribution is 0.476. The van der Waals surface area contributed by atoms with Gasteiger partial charge in [0.05, 0.1) is 0 Å². The van der Waals surface area contributed by atoms with Gasteiger partial charge in [0.15, 0.2) is 0 Å². The number of hydrogen-bond acceptors (Lipinski definition) is 1. The molecule has 0 atom stereocenters. The molecule has 0 fully saturated rings. The van der Waals surface area contributed by atoms with Crippen LogP contribution in [0, 0.1) is 12.7 Å². The molecule has 0 aliphatic heterocycles. The zero-order chi connectivity index (χ0) is 10.8. The minimum atomic E-state index is -0.151. The van der Waals surface area contributed by atoms with Crippen LogP contribution in [0.5, 0.6) is 0 Å². The maximum Gasteiger partial charge on any atom is 0.126 e. The van der Waals surface area contributed by atoms with Gasteiger partial charge >= 0.3 is 0 Å². The van der Waals surface area contributed by atoms with E-state index in [0.717, 1.165) is 18.4 Å². The molecule has 0 spiro atoms. The van der Waals surface area contributed by atoms with E-state index in [-0.39, 0.29) is 11.4 Å². The Hall–Kier alpha value is -0.890. The average molecular weight is 195 g/mol. The van der Waals surface area contributed by atoms with E-state index in [1.165, 1.54) is 6.07 Å². The fourth-order valence-electron chi connectivity index (χ4n) is 1.33. The fourth-order valence-corrected chi connectivity index (χ4v) is 1.33. The van der Waals surface area contributed by atoms with Crippen LogP contribution in [0.2, 0.25) is 0 Å². The third-order valence-corrected chi connectivity index (χ3v) is 2.28. The van der Waals surface area contributed by atoms with Crippen LogP contribution in [0.25, 0.3) is 0 Å². The minimum absolute atomic E-state index is 0.138. The smallest absolute Gasteiger partial charge is 0.126 e. The van der Waals surface area contributed by atoms with Gasteiger partial charge in [-0.25, -0.2) is 4.39 Å². The first-order chi connectivity index (χ1) is 6.38. The van der Waals surface area contributed by atoms with Crippen molar-refractivity contribution in [3.8, 4) is 0 Å². The Bertz CT molecular complexity index is 313. The zero-order valence-electron chi connectivity index (χ0n) is 9.10. The number of benzene rings is 1. The monoisotopic (exact) mass is 195 g/mol. The molecular formula is C12H18FN. The topological polar surface area (TPSA) is 26.0 Å². The molecule has 0 amide bonds. The minimum Gasteiger partial charge on any atom is -0.326 e. The number of nitrogens with two attached hydrogens (primary N) is 1. The molecule has 0 saturated heterocycles. The van der Waals surface area contributed by atoms with Gasteiger partial charge in [0, 0.05) is 5.54 Å². The molecule has 0 heterocycles. The molecule has 14 heavy (non-hydrogen) atoms. The van der Waals surface area contributed by atoms with Crippen molar-refractivity contribution >= 4 is 0 Å². The summed E-state index contributed by atoms with van der Waals surface area (Å²) in [6, 6.07) is 5.24. The molecule has 0 radical (unpaired) electrons. The highest BCUT2D eigenvalue weighted by Gasteiger charge is 2.10. The molecule has 0 aliphatic carbocycles. The van der Waals surface area contributed by atoms with Crippen molar-refractivity contribution in [2.75, 3.05) is 0 Å². The number of rotatable bonds is 3. The lowest BCUT2D eigenvalue weighted by atomic mass is 9.96.